The Morgan fingerprint density at radius 2 is 2.10 bits per heavy atom. The van der Waals surface area contributed by atoms with Crippen LogP contribution in [0.15, 0.2) is 30.9 Å². The van der Waals surface area contributed by atoms with E-state index in [-0.39, 0.29) is 5.91 Å². The van der Waals surface area contributed by atoms with Gasteiger partial charge in [0, 0.05) is 38.6 Å². The second-order valence-electron chi connectivity index (χ2n) is 5.15. The number of aromatic nitrogens is 4. The summed E-state index contributed by atoms with van der Waals surface area (Å²) in [6.45, 7) is 1.49. The third kappa shape index (κ3) is 3.01. The van der Waals surface area contributed by atoms with Crippen LogP contribution < -0.4 is 5.32 Å². The van der Waals surface area contributed by atoms with Gasteiger partial charge in [0.25, 0.3) is 5.91 Å². The third-order valence-electron chi connectivity index (χ3n) is 3.76. The summed E-state index contributed by atoms with van der Waals surface area (Å²) < 4.78 is 1.62. The van der Waals surface area contributed by atoms with E-state index in [1.165, 1.54) is 6.33 Å². The molecule has 21 heavy (non-hydrogen) atoms. The number of aryl methyl sites for hydroxylation is 1. The molecule has 2 aromatic heterocycles. The number of amides is 1. The predicted octanol–water partition coefficient (Wildman–Crippen LogP) is 0.927. The second-order valence-corrected chi connectivity index (χ2v) is 5.15. The van der Waals surface area contributed by atoms with Gasteiger partial charge in [-0.2, -0.15) is 5.10 Å². The Balaban J connectivity index is 1.56. The van der Waals surface area contributed by atoms with Crippen molar-refractivity contribution in [2.75, 3.05) is 18.4 Å². The molecule has 0 saturated carbocycles. The summed E-state index contributed by atoms with van der Waals surface area (Å²) in [5, 5.41) is 7.43. The highest BCUT2D eigenvalue weighted by Gasteiger charge is 2.25. The average Bonchev–Trinajstić information content (AvgIpc) is 2.94. The van der Waals surface area contributed by atoms with E-state index in [0.717, 1.165) is 31.7 Å². The lowest BCUT2D eigenvalue weighted by Gasteiger charge is -2.32. The summed E-state index contributed by atoms with van der Waals surface area (Å²) >= 11 is 0. The topological polar surface area (TPSA) is 75.9 Å². The van der Waals surface area contributed by atoms with Gasteiger partial charge in [0.1, 0.15) is 17.8 Å². The van der Waals surface area contributed by atoms with Crippen LogP contribution in [-0.4, -0.2) is 49.7 Å². The first-order chi connectivity index (χ1) is 10.2. The molecular weight excluding hydrogens is 268 g/mol. The molecule has 0 unspecified atom stereocenters. The van der Waals surface area contributed by atoms with Crippen molar-refractivity contribution in [3.63, 3.8) is 0 Å². The van der Waals surface area contributed by atoms with Crippen LogP contribution >= 0.6 is 0 Å². The van der Waals surface area contributed by atoms with Gasteiger partial charge in [-0.1, -0.05) is 0 Å². The van der Waals surface area contributed by atoms with E-state index >= 15 is 0 Å². The second kappa shape index (κ2) is 5.90. The number of carbonyl (C=O) groups is 1. The SMILES string of the molecule is Cn1nccc1C(=O)N1CCC(Nc2ccncn2)CC1. The molecule has 110 valence electrons. The number of nitrogens with one attached hydrogen (secondary N) is 1. The Morgan fingerprint density at radius 3 is 2.71 bits per heavy atom. The van der Waals surface area contributed by atoms with E-state index in [4.69, 9.17) is 0 Å². The molecule has 7 heteroatoms. The number of piperidine rings is 1. The largest absolute Gasteiger partial charge is 0.367 e. The Kier molecular flexibility index (Phi) is 3.81. The van der Waals surface area contributed by atoms with Crippen molar-refractivity contribution in [2.24, 2.45) is 7.05 Å². The fraction of sp³-hybridized carbons (Fsp3) is 0.429. The van der Waals surface area contributed by atoms with Gasteiger partial charge >= 0.3 is 0 Å². The van der Waals surface area contributed by atoms with Crippen LogP contribution in [0.1, 0.15) is 23.3 Å². The van der Waals surface area contributed by atoms with Crippen LogP contribution in [-0.2, 0) is 7.05 Å². The van der Waals surface area contributed by atoms with Gasteiger partial charge in [-0.25, -0.2) is 9.97 Å². The van der Waals surface area contributed by atoms with Crippen LogP contribution in [0.25, 0.3) is 0 Å². The van der Waals surface area contributed by atoms with Crippen LogP contribution in [0.2, 0.25) is 0 Å². The molecule has 2 aromatic rings. The molecule has 7 nitrogen and oxygen atoms in total. The highest BCUT2D eigenvalue weighted by atomic mass is 16.2. The Bertz CT molecular complexity index is 603. The maximum atomic E-state index is 12.4. The van der Waals surface area contributed by atoms with Crippen LogP contribution in [0, 0.1) is 0 Å². The molecule has 3 rings (SSSR count). The number of hydrogen-bond acceptors (Lipinski definition) is 5. The summed E-state index contributed by atoms with van der Waals surface area (Å²) in [5.74, 6) is 0.886. The molecule has 1 N–H and O–H groups in total. The van der Waals surface area contributed by atoms with Gasteiger partial charge in [-0.15, -0.1) is 0 Å². The molecule has 1 amide bonds. The normalized spacial score (nSPS) is 16.0. The zero-order chi connectivity index (χ0) is 14.7. The van der Waals surface area contributed by atoms with Crippen molar-refractivity contribution < 1.29 is 4.79 Å². The lowest BCUT2D eigenvalue weighted by Crippen LogP contribution is -2.43. The first-order valence-electron chi connectivity index (χ1n) is 7.04. The van der Waals surface area contributed by atoms with Gasteiger partial charge in [-0.3, -0.25) is 9.48 Å². The average molecular weight is 286 g/mol. The first kappa shape index (κ1) is 13.5. The molecule has 0 atom stereocenters. The Labute approximate surface area is 123 Å². The van der Waals surface area contributed by atoms with E-state index < -0.39 is 0 Å². The van der Waals surface area contributed by atoms with E-state index in [1.54, 1.807) is 30.2 Å². The maximum Gasteiger partial charge on any atom is 0.272 e. The Morgan fingerprint density at radius 1 is 1.29 bits per heavy atom. The van der Waals surface area contributed by atoms with Gasteiger partial charge in [0.05, 0.1) is 0 Å². The fourth-order valence-corrected chi connectivity index (χ4v) is 2.56. The minimum absolute atomic E-state index is 0.0514. The quantitative estimate of drug-likeness (QED) is 0.908. The highest BCUT2D eigenvalue weighted by molar-refractivity contribution is 5.92. The van der Waals surface area contributed by atoms with Crippen LogP contribution in [0.4, 0.5) is 5.82 Å². The number of nitrogens with zero attached hydrogens (tertiary/aromatic N) is 5. The van der Waals surface area contributed by atoms with E-state index in [0.29, 0.717) is 11.7 Å². The lowest BCUT2D eigenvalue weighted by atomic mass is 10.0. The summed E-state index contributed by atoms with van der Waals surface area (Å²) in [7, 11) is 1.79. The van der Waals surface area contributed by atoms with Crippen molar-refractivity contribution in [2.45, 2.75) is 18.9 Å². The molecule has 1 saturated heterocycles. The lowest BCUT2D eigenvalue weighted by molar-refractivity contribution is 0.0707. The van der Waals surface area contributed by atoms with Gasteiger partial charge in [0.15, 0.2) is 0 Å². The zero-order valence-electron chi connectivity index (χ0n) is 11.9. The molecule has 1 aliphatic heterocycles. The van der Waals surface area contributed by atoms with E-state index in [9.17, 15) is 4.79 Å². The zero-order valence-corrected chi connectivity index (χ0v) is 11.9. The molecule has 1 aliphatic rings. The molecule has 0 bridgehead atoms. The molecule has 3 heterocycles. The molecular formula is C14H18N6O. The summed E-state index contributed by atoms with van der Waals surface area (Å²) in [4.78, 5) is 22.3. The molecule has 0 spiro atoms. The van der Waals surface area contributed by atoms with Crippen molar-refractivity contribution in [1.29, 1.82) is 0 Å². The molecule has 0 aliphatic carbocycles. The standard InChI is InChI=1S/C14H18N6O/c1-19-12(2-7-17-19)14(21)20-8-4-11(5-9-20)18-13-3-6-15-10-16-13/h2-3,6-7,10-11H,4-5,8-9H2,1H3,(H,15,16,18). The third-order valence-corrected chi connectivity index (χ3v) is 3.76. The minimum Gasteiger partial charge on any atom is -0.367 e. The summed E-state index contributed by atoms with van der Waals surface area (Å²) in [6, 6.07) is 3.95. The van der Waals surface area contributed by atoms with Crippen molar-refractivity contribution in [1.82, 2.24) is 24.6 Å². The predicted molar refractivity (Wildman–Crippen MR) is 77.8 cm³/mol. The first-order valence-corrected chi connectivity index (χ1v) is 7.04. The highest BCUT2D eigenvalue weighted by Crippen LogP contribution is 2.16. The number of anilines is 1. The summed E-state index contributed by atoms with van der Waals surface area (Å²) in [5.41, 5.74) is 0.636. The van der Waals surface area contributed by atoms with Crippen molar-refractivity contribution in [3.05, 3.63) is 36.5 Å². The monoisotopic (exact) mass is 286 g/mol. The van der Waals surface area contributed by atoms with Gasteiger partial charge in [-0.05, 0) is 25.0 Å². The number of hydrogen-bond donors (Lipinski definition) is 1. The molecule has 0 aromatic carbocycles. The van der Waals surface area contributed by atoms with Crippen LogP contribution in [0.3, 0.4) is 0 Å². The minimum atomic E-state index is 0.0514. The van der Waals surface area contributed by atoms with Crippen molar-refractivity contribution >= 4 is 11.7 Å². The van der Waals surface area contributed by atoms with E-state index in [1.807, 2.05) is 11.0 Å². The summed E-state index contributed by atoms with van der Waals surface area (Å²) in [6.07, 6.45) is 6.72. The van der Waals surface area contributed by atoms with Gasteiger partial charge < -0.3 is 10.2 Å². The smallest absolute Gasteiger partial charge is 0.272 e. The molecule has 1 fully saturated rings. The fourth-order valence-electron chi connectivity index (χ4n) is 2.56. The van der Waals surface area contributed by atoms with E-state index in [2.05, 4.69) is 20.4 Å². The molecule has 0 radical (unpaired) electrons. The number of carbonyl (C=O) groups excluding carboxylic acids is 1. The maximum absolute atomic E-state index is 12.4. The number of likely N-dealkylation sites (tertiary alicyclic amines) is 1. The number of rotatable bonds is 3. The Hall–Kier alpha value is -2.44. The van der Waals surface area contributed by atoms with Crippen molar-refractivity contribution in [3.8, 4) is 0 Å². The van der Waals surface area contributed by atoms with Gasteiger partial charge in [0.2, 0.25) is 0 Å². The van der Waals surface area contributed by atoms with Crippen LogP contribution in [0.5, 0.6) is 0 Å².